The van der Waals surface area contributed by atoms with Crippen LogP contribution in [0.15, 0.2) is 24.3 Å². The molecule has 0 unspecified atom stereocenters. The fourth-order valence-corrected chi connectivity index (χ4v) is 2.72. The number of halogens is 1. The van der Waals surface area contributed by atoms with E-state index >= 15 is 0 Å². The van der Waals surface area contributed by atoms with Crippen LogP contribution in [0.4, 0.5) is 5.69 Å². The highest BCUT2D eigenvalue weighted by molar-refractivity contribution is 6.30. The average Bonchev–Trinajstić information content (AvgIpc) is 2.38. The fraction of sp³-hybridized carbons (Fsp3) is 0.429. The van der Waals surface area contributed by atoms with Crippen molar-refractivity contribution >= 4 is 29.2 Å². The van der Waals surface area contributed by atoms with Gasteiger partial charge in [-0.05, 0) is 31.0 Å². The van der Waals surface area contributed by atoms with Crippen LogP contribution in [0.3, 0.4) is 0 Å². The first-order chi connectivity index (χ1) is 9.08. The van der Waals surface area contributed by atoms with Crippen molar-refractivity contribution in [3.8, 4) is 0 Å². The summed E-state index contributed by atoms with van der Waals surface area (Å²) < 4.78 is 0. The van der Waals surface area contributed by atoms with Crippen LogP contribution in [-0.4, -0.2) is 11.9 Å². The molecule has 1 aromatic rings. The molecule has 5 heteroatoms. The van der Waals surface area contributed by atoms with Crippen molar-refractivity contribution < 1.29 is 14.7 Å². The number of aliphatic carboxylic acids is 1. The maximum absolute atomic E-state index is 12.1. The molecule has 0 spiro atoms. The smallest absolute Gasteiger partial charge is 0.228 e. The van der Waals surface area contributed by atoms with Crippen LogP contribution in [0.25, 0.3) is 0 Å². The van der Waals surface area contributed by atoms with E-state index in [1.165, 1.54) is 0 Å². The van der Waals surface area contributed by atoms with E-state index in [1.54, 1.807) is 24.3 Å². The normalized spacial score (nSPS) is 22.8. The SMILES string of the molecule is O=C([O-])[C@H]1CCCC[C@@H]1C(=O)Nc1cccc(Cl)c1. The molecule has 1 fully saturated rings. The molecule has 1 aliphatic carbocycles. The Morgan fingerprint density at radius 2 is 1.89 bits per heavy atom. The first kappa shape index (κ1) is 13.9. The van der Waals surface area contributed by atoms with Crippen LogP contribution < -0.4 is 10.4 Å². The van der Waals surface area contributed by atoms with Gasteiger partial charge in [-0.2, -0.15) is 0 Å². The van der Waals surface area contributed by atoms with Gasteiger partial charge in [0.1, 0.15) is 0 Å². The summed E-state index contributed by atoms with van der Waals surface area (Å²) in [6, 6.07) is 6.80. The summed E-state index contributed by atoms with van der Waals surface area (Å²) in [5, 5.41) is 14.3. The Labute approximate surface area is 116 Å². The standard InChI is InChI=1S/C14H16ClNO3/c15-9-4-3-5-10(8-9)16-13(17)11-6-1-2-7-12(11)14(18)19/h3-5,8,11-12H,1-2,6-7H2,(H,16,17)(H,18,19)/p-1/t11-,12-/m0/s1. The highest BCUT2D eigenvalue weighted by Gasteiger charge is 2.31. The minimum absolute atomic E-state index is 0.267. The monoisotopic (exact) mass is 280 g/mol. The summed E-state index contributed by atoms with van der Waals surface area (Å²) in [6.07, 6.45) is 2.80. The van der Waals surface area contributed by atoms with E-state index < -0.39 is 17.8 Å². The predicted octanol–water partition coefficient (Wildman–Crippen LogP) is 1.83. The van der Waals surface area contributed by atoms with E-state index in [0.717, 1.165) is 12.8 Å². The fourth-order valence-electron chi connectivity index (χ4n) is 2.53. The van der Waals surface area contributed by atoms with Gasteiger partial charge in [0.2, 0.25) is 5.91 Å². The number of nitrogens with one attached hydrogen (secondary N) is 1. The number of benzene rings is 1. The number of anilines is 1. The zero-order valence-corrected chi connectivity index (χ0v) is 11.2. The molecule has 1 aromatic carbocycles. The van der Waals surface area contributed by atoms with Crippen LogP contribution in [0, 0.1) is 11.8 Å². The molecule has 1 saturated carbocycles. The Hall–Kier alpha value is -1.55. The minimum atomic E-state index is -1.13. The van der Waals surface area contributed by atoms with E-state index in [9.17, 15) is 14.7 Å². The molecule has 0 heterocycles. The van der Waals surface area contributed by atoms with Crippen molar-refractivity contribution in [2.24, 2.45) is 11.8 Å². The number of carbonyl (C=O) groups excluding carboxylic acids is 2. The molecule has 19 heavy (non-hydrogen) atoms. The Morgan fingerprint density at radius 1 is 1.21 bits per heavy atom. The molecule has 1 N–H and O–H groups in total. The topological polar surface area (TPSA) is 69.2 Å². The molecule has 0 bridgehead atoms. The number of carboxylic acid groups (broad SMARTS) is 1. The summed E-state index contributed by atoms with van der Waals surface area (Å²) in [7, 11) is 0. The van der Waals surface area contributed by atoms with Gasteiger partial charge in [-0.1, -0.05) is 30.5 Å². The lowest BCUT2D eigenvalue weighted by Gasteiger charge is -2.31. The molecular formula is C14H15ClNO3-. The minimum Gasteiger partial charge on any atom is -0.550 e. The molecule has 0 saturated heterocycles. The Balaban J connectivity index is 2.07. The second-order valence-electron chi connectivity index (χ2n) is 4.82. The van der Waals surface area contributed by atoms with Crippen LogP contribution >= 0.6 is 11.6 Å². The van der Waals surface area contributed by atoms with E-state index in [0.29, 0.717) is 23.6 Å². The van der Waals surface area contributed by atoms with Gasteiger partial charge >= 0.3 is 0 Å². The van der Waals surface area contributed by atoms with Crippen LogP contribution in [0.1, 0.15) is 25.7 Å². The van der Waals surface area contributed by atoms with Crippen LogP contribution in [0.5, 0.6) is 0 Å². The van der Waals surface area contributed by atoms with E-state index in [2.05, 4.69) is 5.32 Å². The summed E-state index contributed by atoms with van der Waals surface area (Å²) in [5.41, 5.74) is 0.583. The number of hydrogen-bond donors (Lipinski definition) is 1. The van der Waals surface area contributed by atoms with Crippen LogP contribution in [-0.2, 0) is 9.59 Å². The van der Waals surface area contributed by atoms with Gasteiger partial charge in [0, 0.05) is 28.5 Å². The first-order valence-corrected chi connectivity index (χ1v) is 6.73. The zero-order valence-electron chi connectivity index (χ0n) is 10.4. The van der Waals surface area contributed by atoms with E-state index in [-0.39, 0.29) is 5.91 Å². The Bertz CT molecular complexity index is 489. The third-order valence-corrected chi connectivity index (χ3v) is 3.73. The third kappa shape index (κ3) is 3.47. The highest BCUT2D eigenvalue weighted by atomic mass is 35.5. The maximum Gasteiger partial charge on any atom is 0.228 e. The second-order valence-corrected chi connectivity index (χ2v) is 5.25. The van der Waals surface area contributed by atoms with Crippen molar-refractivity contribution in [2.45, 2.75) is 25.7 Å². The molecule has 4 nitrogen and oxygen atoms in total. The molecule has 0 aromatic heterocycles. The molecule has 0 aliphatic heterocycles. The van der Waals surface area contributed by atoms with Gasteiger partial charge < -0.3 is 15.2 Å². The van der Waals surface area contributed by atoms with Gasteiger partial charge in [0.05, 0.1) is 0 Å². The number of hydrogen-bond acceptors (Lipinski definition) is 3. The zero-order chi connectivity index (χ0) is 13.8. The lowest BCUT2D eigenvalue weighted by molar-refractivity contribution is -0.313. The van der Waals surface area contributed by atoms with Gasteiger partial charge in [0.15, 0.2) is 0 Å². The highest BCUT2D eigenvalue weighted by Crippen LogP contribution is 2.30. The maximum atomic E-state index is 12.1. The van der Waals surface area contributed by atoms with E-state index in [4.69, 9.17) is 11.6 Å². The predicted molar refractivity (Wildman–Crippen MR) is 70.5 cm³/mol. The number of carbonyl (C=O) groups is 2. The molecule has 2 atom stereocenters. The Kier molecular flexibility index (Phi) is 4.43. The van der Waals surface area contributed by atoms with E-state index in [1.807, 2.05) is 0 Å². The second kappa shape index (κ2) is 6.06. The molecule has 2 rings (SSSR count). The van der Waals surface area contributed by atoms with Crippen LogP contribution in [0.2, 0.25) is 5.02 Å². The quantitative estimate of drug-likeness (QED) is 0.918. The van der Waals surface area contributed by atoms with Crippen molar-refractivity contribution in [1.82, 2.24) is 0 Å². The average molecular weight is 281 g/mol. The molecular weight excluding hydrogens is 266 g/mol. The summed E-state index contributed by atoms with van der Waals surface area (Å²) in [4.78, 5) is 23.2. The van der Waals surface area contributed by atoms with Crippen molar-refractivity contribution in [1.29, 1.82) is 0 Å². The molecule has 1 aliphatic rings. The lowest BCUT2D eigenvalue weighted by atomic mass is 9.78. The molecule has 102 valence electrons. The van der Waals surface area contributed by atoms with Gasteiger partial charge in [-0.15, -0.1) is 0 Å². The summed E-state index contributed by atoms with van der Waals surface area (Å²) in [6.45, 7) is 0. The van der Waals surface area contributed by atoms with Crippen molar-refractivity contribution in [3.05, 3.63) is 29.3 Å². The number of carboxylic acids is 1. The Morgan fingerprint density at radius 3 is 2.53 bits per heavy atom. The van der Waals surface area contributed by atoms with Gasteiger partial charge in [-0.3, -0.25) is 4.79 Å². The van der Waals surface area contributed by atoms with Gasteiger partial charge in [-0.25, -0.2) is 0 Å². The third-order valence-electron chi connectivity index (χ3n) is 3.50. The van der Waals surface area contributed by atoms with Crippen molar-refractivity contribution in [2.75, 3.05) is 5.32 Å². The largest absolute Gasteiger partial charge is 0.550 e. The summed E-state index contributed by atoms with van der Waals surface area (Å²) >= 11 is 5.84. The number of rotatable bonds is 3. The first-order valence-electron chi connectivity index (χ1n) is 6.35. The molecule has 0 radical (unpaired) electrons. The lowest BCUT2D eigenvalue weighted by Crippen LogP contribution is -2.42. The summed E-state index contributed by atoms with van der Waals surface area (Å²) in [5.74, 6) is -2.60. The molecule has 1 amide bonds. The van der Waals surface area contributed by atoms with Gasteiger partial charge in [0.25, 0.3) is 0 Å². The van der Waals surface area contributed by atoms with Crippen molar-refractivity contribution in [3.63, 3.8) is 0 Å². The number of amides is 1.